The molecule has 1 atom stereocenters. The summed E-state index contributed by atoms with van der Waals surface area (Å²) in [7, 11) is 0. The van der Waals surface area contributed by atoms with E-state index in [9.17, 15) is 10.1 Å². The standard InChI is InChI=1S/C30H25FN10O2/c1-4-19(13-32)30(42)40-9-7-20(11-17(40)2)28-33-14-23-27(39-28)29(36-15-34-23)38-22-5-6-24(18(3)26(22)31)43-21-8-10-41-25(12-21)35-16-37-41/h4-6,8,10-12,14-17H,7,9H2,1-3H3,(H,34,36,38)/b19-4+/t17-/m0/s1. The average molecular weight is 577 g/mol. The molecule has 214 valence electrons. The van der Waals surface area contributed by atoms with Crippen molar-refractivity contribution in [1.82, 2.24) is 39.4 Å². The van der Waals surface area contributed by atoms with Crippen LogP contribution in [0.25, 0.3) is 22.3 Å². The number of nitrogens with zero attached hydrogens (tertiary/aromatic N) is 9. The highest BCUT2D eigenvalue weighted by Gasteiger charge is 2.27. The second kappa shape index (κ2) is 11.2. The molecule has 0 saturated heterocycles. The highest BCUT2D eigenvalue weighted by Crippen LogP contribution is 2.33. The number of pyridine rings is 1. The first-order valence-corrected chi connectivity index (χ1v) is 13.5. The SMILES string of the molecule is C/C=C(\C#N)C(=O)N1CCC(c2ncc3ncnc(Nc4ccc(Oc5ccn6ncnc6c5)c(C)c4F)c3n2)=C[C@@H]1C. The average Bonchev–Trinajstić information content (AvgIpc) is 3.49. The third kappa shape index (κ3) is 5.21. The molecule has 1 amide bonds. The largest absolute Gasteiger partial charge is 0.457 e. The van der Waals surface area contributed by atoms with Crippen LogP contribution in [0, 0.1) is 24.1 Å². The van der Waals surface area contributed by atoms with Crippen molar-refractivity contribution in [2.75, 3.05) is 11.9 Å². The Hall–Kier alpha value is -5.77. The van der Waals surface area contributed by atoms with Crippen LogP contribution in [0.1, 0.15) is 31.7 Å². The number of benzene rings is 1. The molecule has 0 spiro atoms. The van der Waals surface area contributed by atoms with Crippen LogP contribution in [0.5, 0.6) is 11.5 Å². The number of fused-ring (bicyclic) bond motifs is 2. The van der Waals surface area contributed by atoms with Crippen LogP contribution in [0.4, 0.5) is 15.9 Å². The van der Waals surface area contributed by atoms with Gasteiger partial charge >= 0.3 is 0 Å². The molecule has 0 fully saturated rings. The minimum absolute atomic E-state index is 0.106. The van der Waals surface area contributed by atoms with Gasteiger partial charge in [-0.2, -0.15) is 10.4 Å². The van der Waals surface area contributed by atoms with Gasteiger partial charge in [-0.05, 0) is 51.0 Å². The first-order chi connectivity index (χ1) is 20.9. The number of carbonyl (C=O) groups is 1. The molecular weight excluding hydrogens is 551 g/mol. The smallest absolute Gasteiger partial charge is 0.264 e. The van der Waals surface area contributed by atoms with Gasteiger partial charge in [-0.3, -0.25) is 4.79 Å². The van der Waals surface area contributed by atoms with Crippen molar-refractivity contribution in [3.63, 3.8) is 0 Å². The fourth-order valence-corrected chi connectivity index (χ4v) is 4.86. The Kier molecular flexibility index (Phi) is 7.17. The second-order valence-corrected chi connectivity index (χ2v) is 9.85. The lowest BCUT2D eigenvalue weighted by atomic mass is 10.0. The Morgan fingerprint density at radius 3 is 2.86 bits per heavy atom. The van der Waals surface area contributed by atoms with Crippen molar-refractivity contribution >= 4 is 39.7 Å². The van der Waals surface area contributed by atoms with E-state index in [1.165, 1.54) is 18.7 Å². The number of nitriles is 1. The molecule has 0 bridgehead atoms. The summed E-state index contributed by atoms with van der Waals surface area (Å²) in [6, 6.07) is 8.36. The Morgan fingerprint density at radius 1 is 1.21 bits per heavy atom. The van der Waals surface area contributed by atoms with E-state index in [0.29, 0.717) is 58.4 Å². The lowest BCUT2D eigenvalue weighted by Crippen LogP contribution is -2.41. The number of carbonyl (C=O) groups excluding carboxylic acids is 1. The fourth-order valence-electron chi connectivity index (χ4n) is 4.86. The van der Waals surface area contributed by atoms with Crippen LogP contribution >= 0.6 is 0 Å². The van der Waals surface area contributed by atoms with Gasteiger partial charge in [0, 0.05) is 30.4 Å². The Morgan fingerprint density at radius 2 is 2.07 bits per heavy atom. The Balaban J connectivity index is 1.26. The van der Waals surface area contributed by atoms with Gasteiger partial charge in [-0.1, -0.05) is 12.2 Å². The van der Waals surface area contributed by atoms with Gasteiger partial charge in [0.05, 0.1) is 11.9 Å². The third-order valence-electron chi connectivity index (χ3n) is 7.19. The van der Waals surface area contributed by atoms with Crippen LogP contribution in [-0.2, 0) is 4.79 Å². The van der Waals surface area contributed by atoms with Gasteiger partial charge in [-0.25, -0.2) is 33.8 Å². The number of ether oxygens (including phenoxy) is 1. The van der Waals surface area contributed by atoms with Crippen LogP contribution in [0.2, 0.25) is 0 Å². The number of amides is 1. The predicted octanol–water partition coefficient (Wildman–Crippen LogP) is 4.92. The number of halogens is 1. The minimum atomic E-state index is -0.506. The number of allylic oxidation sites excluding steroid dienone is 1. The Bertz CT molecular complexity index is 1990. The van der Waals surface area contributed by atoms with Crippen molar-refractivity contribution < 1.29 is 13.9 Å². The molecule has 1 aliphatic rings. The topological polar surface area (TPSA) is 147 Å². The van der Waals surface area contributed by atoms with Crippen LogP contribution in [0.3, 0.4) is 0 Å². The van der Waals surface area contributed by atoms with E-state index in [0.717, 1.165) is 5.57 Å². The van der Waals surface area contributed by atoms with Crippen LogP contribution in [-0.4, -0.2) is 57.9 Å². The summed E-state index contributed by atoms with van der Waals surface area (Å²) in [5.74, 6) is 0.810. The fraction of sp³-hybridized carbons (Fsp3) is 0.200. The van der Waals surface area contributed by atoms with Gasteiger partial charge in [0.15, 0.2) is 23.1 Å². The molecule has 5 aromatic rings. The van der Waals surface area contributed by atoms with E-state index in [-0.39, 0.29) is 23.2 Å². The third-order valence-corrected chi connectivity index (χ3v) is 7.19. The van der Waals surface area contributed by atoms with E-state index in [1.807, 2.05) is 19.1 Å². The molecule has 4 aromatic heterocycles. The number of hydrogen-bond acceptors (Lipinski definition) is 10. The van der Waals surface area contributed by atoms with Gasteiger partial charge in [0.1, 0.15) is 46.8 Å². The molecule has 0 unspecified atom stereocenters. The number of aromatic nitrogens is 7. The molecule has 0 saturated carbocycles. The van der Waals surface area contributed by atoms with Crippen molar-refractivity contribution in [2.24, 2.45) is 0 Å². The quantitative estimate of drug-likeness (QED) is 0.218. The maximum atomic E-state index is 15.6. The zero-order valence-electron chi connectivity index (χ0n) is 23.5. The lowest BCUT2D eigenvalue weighted by molar-refractivity contribution is -0.127. The van der Waals surface area contributed by atoms with Crippen molar-refractivity contribution in [1.29, 1.82) is 5.26 Å². The summed E-state index contributed by atoms with van der Waals surface area (Å²) in [4.78, 5) is 36.3. The number of rotatable bonds is 6. The Labute approximate surface area is 245 Å². The van der Waals surface area contributed by atoms with E-state index in [1.54, 1.807) is 59.9 Å². The van der Waals surface area contributed by atoms with Gasteiger partial charge in [0.25, 0.3) is 5.91 Å². The number of anilines is 2. The molecule has 6 rings (SSSR count). The van der Waals surface area contributed by atoms with E-state index >= 15 is 4.39 Å². The summed E-state index contributed by atoms with van der Waals surface area (Å²) < 4.78 is 23.1. The van der Waals surface area contributed by atoms with Gasteiger partial charge < -0.3 is 15.0 Å². The maximum absolute atomic E-state index is 15.6. The number of nitrogens with one attached hydrogen (secondary N) is 1. The van der Waals surface area contributed by atoms with E-state index in [4.69, 9.17) is 9.72 Å². The van der Waals surface area contributed by atoms with Crippen molar-refractivity contribution in [2.45, 2.75) is 33.2 Å². The lowest BCUT2D eigenvalue weighted by Gasteiger charge is -2.31. The normalized spacial score (nSPS) is 15.3. The highest BCUT2D eigenvalue weighted by atomic mass is 19.1. The van der Waals surface area contributed by atoms with E-state index < -0.39 is 5.82 Å². The summed E-state index contributed by atoms with van der Waals surface area (Å²) in [6.07, 6.45) is 10.0. The number of hydrogen-bond donors (Lipinski definition) is 1. The highest BCUT2D eigenvalue weighted by molar-refractivity contribution is 5.98. The molecule has 1 aliphatic heterocycles. The predicted molar refractivity (Wildman–Crippen MR) is 156 cm³/mol. The summed E-state index contributed by atoms with van der Waals surface area (Å²) in [5, 5.41) is 16.4. The zero-order chi connectivity index (χ0) is 30.1. The molecule has 1 N–H and O–H groups in total. The summed E-state index contributed by atoms with van der Waals surface area (Å²) in [6.45, 7) is 5.59. The first-order valence-electron chi connectivity index (χ1n) is 13.5. The monoisotopic (exact) mass is 576 g/mol. The summed E-state index contributed by atoms with van der Waals surface area (Å²) >= 11 is 0. The molecule has 43 heavy (non-hydrogen) atoms. The van der Waals surface area contributed by atoms with Gasteiger partial charge in [-0.15, -0.1) is 0 Å². The van der Waals surface area contributed by atoms with Gasteiger partial charge in [0.2, 0.25) is 0 Å². The molecular formula is C30H25FN10O2. The van der Waals surface area contributed by atoms with Crippen molar-refractivity contribution in [3.05, 3.63) is 84.2 Å². The first kappa shape index (κ1) is 27.4. The molecule has 12 nitrogen and oxygen atoms in total. The summed E-state index contributed by atoms with van der Waals surface area (Å²) in [5.41, 5.74) is 2.95. The second-order valence-electron chi connectivity index (χ2n) is 9.85. The van der Waals surface area contributed by atoms with Crippen LogP contribution < -0.4 is 10.1 Å². The molecule has 1 aromatic carbocycles. The molecule has 5 heterocycles. The van der Waals surface area contributed by atoms with Crippen molar-refractivity contribution in [3.8, 4) is 17.6 Å². The molecule has 0 radical (unpaired) electrons. The maximum Gasteiger partial charge on any atom is 0.264 e. The molecule has 13 heteroatoms. The minimum Gasteiger partial charge on any atom is -0.457 e. The van der Waals surface area contributed by atoms with E-state index in [2.05, 4.69) is 30.4 Å². The van der Waals surface area contributed by atoms with Crippen LogP contribution in [0.15, 0.2) is 67.0 Å². The molecule has 0 aliphatic carbocycles. The zero-order valence-corrected chi connectivity index (χ0v) is 23.5.